The normalized spacial score (nSPS) is 27.8. The highest BCUT2D eigenvalue weighted by atomic mass is 16.5. The zero-order valence-electron chi connectivity index (χ0n) is 22.8. The SMILES string of the molecule is COc1cc(CO)cc2c1O[C@@H]1[C@@H](O)[C@H](N(CCN3CCOCC3)C(=O)C3CCOC3)C=C(C(=O)NCCO)[C@H]21. The maximum Gasteiger partial charge on any atom is 0.247 e. The number of aliphatic hydroxyl groups excluding tert-OH is 3. The number of ether oxygens (including phenoxy) is 4. The van der Waals surface area contributed by atoms with E-state index in [2.05, 4.69) is 10.2 Å². The van der Waals surface area contributed by atoms with E-state index < -0.39 is 30.1 Å². The number of methoxy groups -OCH3 is 1. The van der Waals surface area contributed by atoms with Crippen LogP contribution in [0.3, 0.4) is 0 Å². The van der Waals surface area contributed by atoms with Gasteiger partial charge in [0.15, 0.2) is 11.5 Å². The lowest BCUT2D eigenvalue weighted by Crippen LogP contribution is -2.58. The van der Waals surface area contributed by atoms with Crippen molar-refractivity contribution >= 4 is 11.8 Å². The zero-order valence-corrected chi connectivity index (χ0v) is 22.8. The minimum absolute atomic E-state index is 0.0492. The Morgan fingerprint density at radius 3 is 2.65 bits per heavy atom. The van der Waals surface area contributed by atoms with Crippen molar-refractivity contribution in [2.24, 2.45) is 5.92 Å². The van der Waals surface area contributed by atoms with Gasteiger partial charge in [-0.3, -0.25) is 14.5 Å². The largest absolute Gasteiger partial charge is 0.493 e. The van der Waals surface area contributed by atoms with Gasteiger partial charge in [0.2, 0.25) is 11.8 Å². The maximum absolute atomic E-state index is 13.8. The van der Waals surface area contributed by atoms with Crippen molar-refractivity contribution in [3.8, 4) is 11.5 Å². The number of nitrogens with one attached hydrogen (secondary N) is 1. The molecule has 1 unspecified atom stereocenters. The Kier molecular flexibility index (Phi) is 9.24. The van der Waals surface area contributed by atoms with E-state index in [-0.39, 0.29) is 31.6 Å². The Bertz CT molecular complexity index is 1100. The molecular formula is C28H39N3O9. The average molecular weight is 562 g/mol. The van der Waals surface area contributed by atoms with Gasteiger partial charge in [0, 0.05) is 50.5 Å². The third-order valence-electron chi connectivity index (χ3n) is 8.18. The van der Waals surface area contributed by atoms with Crippen LogP contribution in [0.5, 0.6) is 11.5 Å². The monoisotopic (exact) mass is 561 g/mol. The van der Waals surface area contributed by atoms with E-state index in [1.54, 1.807) is 23.1 Å². The van der Waals surface area contributed by atoms with E-state index in [4.69, 9.17) is 18.9 Å². The number of aliphatic hydroxyl groups is 3. The summed E-state index contributed by atoms with van der Waals surface area (Å²) >= 11 is 0. The number of nitrogens with zero attached hydrogens (tertiary/aromatic N) is 2. The first kappa shape index (κ1) is 28.8. The predicted molar refractivity (Wildman–Crippen MR) is 142 cm³/mol. The fourth-order valence-corrected chi connectivity index (χ4v) is 6.06. The number of carbonyl (C=O) groups is 2. The molecule has 2 saturated heterocycles. The lowest BCUT2D eigenvalue weighted by Gasteiger charge is -2.42. The van der Waals surface area contributed by atoms with E-state index in [0.717, 1.165) is 13.1 Å². The van der Waals surface area contributed by atoms with E-state index in [1.165, 1.54) is 7.11 Å². The Morgan fingerprint density at radius 1 is 1.18 bits per heavy atom. The quantitative estimate of drug-likeness (QED) is 0.280. The number of benzene rings is 1. The molecule has 12 nitrogen and oxygen atoms in total. The van der Waals surface area contributed by atoms with Crippen LogP contribution in [0.2, 0.25) is 0 Å². The molecule has 1 aromatic rings. The molecule has 2 fully saturated rings. The fourth-order valence-electron chi connectivity index (χ4n) is 6.06. The molecule has 2 amide bonds. The van der Waals surface area contributed by atoms with E-state index in [0.29, 0.717) is 74.1 Å². The van der Waals surface area contributed by atoms with Gasteiger partial charge >= 0.3 is 0 Å². The number of carbonyl (C=O) groups excluding carboxylic acids is 2. The summed E-state index contributed by atoms with van der Waals surface area (Å²) in [5.41, 5.74) is 1.53. The van der Waals surface area contributed by atoms with Gasteiger partial charge in [0.05, 0.1) is 58.0 Å². The van der Waals surface area contributed by atoms with Crippen LogP contribution in [-0.2, 0) is 25.7 Å². The Hall–Kier alpha value is -2.74. The summed E-state index contributed by atoms with van der Waals surface area (Å²) in [6.07, 6.45) is 0.242. The first-order valence-electron chi connectivity index (χ1n) is 13.9. The van der Waals surface area contributed by atoms with Crippen LogP contribution in [0, 0.1) is 5.92 Å². The first-order chi connectivity index (χ1) is 19.5. The highest BCUT2D eigenvalue weighted by Crippen LogP contribution is 2.51. The van der Waals surface area contributed by atoms with Crippen LogP contribution in [-0.4, -0.2) is 128 Å². The van der Waals surface area contributed by atoms with E-state index >= 15 is 0 Å². The number of fused-ring (bicyclic) bond motifs is 3. The van der Waals surface area contributed by atoms with E-state index in [1.807, 2.05) is 0 Å². The lowest BCUT2D eigenvalue weighted by molar-refractivity contribution is -0.141. The molecule has 40 heavy (non-hydrogen) atoms. The number of amides is 2. The predicted octanol–water partition coefficient (Wildman–Crippen LogP) is -0.993. The van der Waals surface area contributed by atoms with Gasteiger partial charge in [-0.05, 0) is 30.2 Å². The molecule has 220 valence electrons. The van der Waals surface area contributed by atoms with Crippen LogP contribution < -0.4 is 14.8 Å². The van der Waals surface area contributed by atoms with Crippen molar-refractivity contribution in [1.82, 2.24) is 15.1 Å². The smallest absolute Gasteiger partial charge is 0.247 e. The molecule has 1 aliphatic carbocycles. The molecule has 12 heteroatoms. The molecule has 5 rings (SSSR count). The van der Waals surface area contributed by atoms with Crippen LogP contribution >= 0.6 is 0 Å². The third-order valence-corrected chi connectivity index (χ3v) is 8.18. The molecule has 3 aliphatic heterocycles. The second kappa shape index (κ2) is 12.8. The van der Waals surface area contributed by atoms with Crippen LogP contribution in [0.4, 0.5) is 0 Å². The topological polar surface area (TPSA) is 150 Å². The van der Waals surface area contributed by atoms with Crippen LogP contribution in [0.15, 0.2) is 23.8 Å². The van der Waals surface area contributed by atoms with Crippen molar-refractivity contribution in [2.75, 3.05) is 72.9 Å². The van der Waals surface area contributed by atoms with Crippen LogP contribution in [0.1, 0.15) is 23.5 Å². The maximum atomic E-state index is 13.8. The summed E-state index contributed by atoms with van der Waals surface area (Å²) in [6.45, 7) is 4.09. The first-order valence-corrected chi connectivity index (χ1v) is 13.9. The standard InChI is InChI=1S/C28H39N3O9/c1-37-22-13-17(15-33)12-19-23-20(27(35)29-3-8-32)14-21(24(34)26(23)40-25(19)22)31(28(36)18-2-9-39-16-18)5-4-30-6-10-38-11-7-30/h12-14,18,21,23-24,26,32-34H,2-11,15-16H2,1H3,(H,29,35)/t18?,21-,23+,24+,26+/m1/s1. The van der Waals surface area contributed by atoms with Gasteiger partial charge in [-0.25, -0.2) is 0 Å². The van der Waals surface area contributed by atoms with Crippen molar-refractivity contribution in [3.05, 3.63) is 34.9 Å². The summed E-state index contributed by atoms with van der Waals surface area (Å²) in [5, 5.41) is 33.7. The highest BCUT2D eigenvalue weighted by molar-refractivity contribution is 5.96. The van der Waals surface area contributed by atoms with Crippen molar-refractivity contribution in [2.45, 2.75) is 37.2 Å². The van der Waals surface area contributed by atoms with Crippen molar-refractivity contribution in [3.63, 3.8) is 0 Å². The third kappa shape index (κ3) is 5.69. The zero-order chi connectivity index (χ0) is 28.2. The summed E-state index contributed by atoms with van der Waals surface area (Å²) in [6, 6.07) is 2.58. The van der Waals surface area contributed by atoms with Crippen LogP contribution in [0.25, 0.3) is 0 Å². The second-order valence-corrected chi connectivity index (χ2v) is 10.6. The molecule has 0 spiro atoms. The fraction of sp³-hybridized carbons (Fsp3) is 0.643. The molecule has 5 atom stereocenters. The minimum Gasteiger partial charge on any atom is -0.493 e. The van der Waals surface area contributed by atoms with Gasteiger partial charge in [-0.1, -0.05) is 0 Å². The summed E-state index contributed by atoms with van der Waals surface area (Å²) < 4.78 is 22.8. The molecule has 1 aromatic carbocycles. The molecule has 0 bridgehead atoms. The molecular weight excluding hydrogens is 522 g/mol. The van der Waals surface area contributed by atoms with Gasteiger partial charge in [-0.2, -0.15) is 0 Å². The number of hydrogen-bond acceptors (Lipinski definition) is 10. The Morgan fingerprint density at radius 2 is 1.98 bits per heavy atom. The van der Waals surface area contributed by atoms with Gasteiger partial charge < -0.3 is 44.5 Å². The molecule has 0 radical (unpaired) electrons. The average Bonchev–Trinajstić information content (AvgIpc) is 3.66. The summed E-state index contributed by atoms with van der Waals surface area (Å²) in [4.78, 5) is 31.2. The van der Waals surface area contributed by atoms with Gasteiger partial charge in [0.1, 0.15) is 12.2 Å². The molecule has 4 N–H and O–H groups in total. The Balaban J connectivity index is 1.52. The number of rotatable bonds is 10. The van der Waals surface area contributed by atoms with Gasteiger partial charge in [0.25, 0.3) is 0 Å². The molecule has 0 aromatic heterocycles. The lowest BCUT2D eigenvalue weighted by atomic mass is 9.77. The number of hydrogen-bond donors (Lipinski definition) is 4. The summed E-state index contributed by atoms with van der Waals surface area (Å²) in [7, 11) is 1.49. The Labute approximate surface area is 233 Å². The molecule has 0 saturated carbocycles. The molecule has 4 aliphatic rings. The summed E-state index contributed by atoms with van der Waals surface area (Å²) in [5.74, 6) is -0.760. The second-order valence-electron chi connectivity index (χ2n) is 10.6. The van der Waals surface area contributed by atoms with Gasteiger partial charge in [-0.15, -0.1) is 0 Å². The number of morpholine rings is 1. The van der Waals surface area contributed by atoms with Crippen molar-refractivity contribution < 1.29 is 43.9 Å². The molecule has 3 heterocycles. The van der Waals surface area contributed by atoms with E-state index in [9.17, 15) is 24.9 Å². The van der Waals surface area contributed by atoms with Crippen molar-refractivity contribution in [1.29, 1.82) is 0 Å². The highest BCUT2D eigenvalue weighted by Gasteiger charge is 2.52. The minimum atomic E-state index is -1.15.